The number of nitrogens with zero attached hydrogens (tertiary/aromatic N) is 6. The number of benzene rings is 1. The Morgan fingerprint density at radius 2 is 2.03 bits per heavy atom. The Labute approximate surface area is 197 Å². The van der Waals surface area contributed by atoms with E-state index in [1.807, 2.05) is 6.07 Å². The second-order valence-electron chi connectivity index (χ2n) is 7.08. The Kier molecular flexibility index (Phi) is 7.18. The lowest BCUT2D eigenvalue weighted by atomic mass is 10.1. The van der Waals surface area contributed by atoms with E-state index in [-0.39, 0.29) is 5.91 Å². The third-order valence-corrected chi connectivity index (χ3v) is 5.51. The van der Waals surface area contributed by atoms with Crippen molar-refractivity contribution in [1.29, 1.82) is 0 Å². The molecule has 1 unspecified atom stereocenters. The minimum atomic E-state index is -0.942. The van der Waals surface area contributed by atoms with Gasteiger partial charge in [-0.2, -0.15) is 19.9 Å². The fourth-order valence-electron chi connectivity index (χ4n) is 3.04. The number of hydrogen-bond donors (Lipinski definition) is 2. The van der Waals surface area contributed by atoms with Crippen LogP contribution in [0.4, 0.5) is 5.82 Å². The monoisotopic (exact) mass is 478 g/mol. The fourth-order valence-corrected chi connectivity index (χ4v) is 3.42. The van der Waals surface area contributed by atoms with E-state index in [2.05, 4.69) is 35.9 Å². The minimum absolute atomic E-state index is 0.210. The van der Waals surface area contributed by atoms with Crippen LogP contribution in [0.5, 0.6) is 5.88 Å². The van der Waals surface area contributed by atoms with E-state index in [1.165, 1.54) is 6.33 Å². The predicted molar refractivity (Wildman–Crippen MR) is 130 cm³/mol. The Morgan fingerprint density at radius 1 is 1.21 bits per heavy atom. The topological polar surface area (TPSA) is 136 Å². The molecule has 11 nitrogen and oxygen atoms in total. The number of nitrogens with one attached hydrogen (secondary N) is 2. The number of ether oxygens (including phenoxy) is 1. The molecule has 0 saturated carbocycles. The number of rotatable bonds is 9. The summed E-state index contributed by atoms with van der Waals surface area (Å²) in [7, 11) is 0.609. The molecular formula is C22H22N8O3S. The van der Waals surface area contributed by atoms with Crippen LogP contribution in [0.2, 0.25) is 0 Å². The number of anilines is 1. The molecule has 4 rings (SSSR count). The second kappa shape index (κ2) is 10.6. The zero-order chi connectivity index (χ0) is 23.9. The van der Waals surface area contributed by atoms with Gasteiger partial charge in [0, 0.05) is 41.0 Å². The standard InChI is InChI=1S/C22H22N8O3S/c1-33-19-5-3-4-18(28-19)30-21-17(13-27-30)20(24-14-25-21)29-26-12-15-6-8-16(9-7-15)22(31)23-10-11-34(2)32/h3-9,12-14H,10-11H2,1-2H3,(H,23,31)(H,24,25,29)/b26-12+. The van der Waals surface area contributed by atoms with Crippen LogP contribution in [-0.2, 0) is 10.8 Å². The molecular weight excluding hydrogens is 456 g/mol. The van der Waals surface area contributed by atoms with Crippen LogP contribution >= 0.6 is 0 Å². The first-order valence-electron chi connectivity index (χ1n) is 10.2. The highest BCUT2D eigenvalue weighted by Crippen LogP contribution is 2.21. The molecule has 1 amide bonds. The largest absolute Gasteiger partial charge is 0.481 e. The highest BCUT2D eigenvalue weighted by Gasteiger charge is 2.12. The number of pyridine rings is 1. The van der Waals surface area contributed by atoms with Gasteiger partial charge < -0.3 is 10.1 Å². The van der Waals surface area contributed by atoms with Gasteiger partial charge in [0.25, 0.3) is 5.91 Å². The molecule has 2 N–H and O–H groups in total. The van der Waals surface area contributed by atoms with E-state index in [1.54, 1.807) is 66.9 Å². The summed E-state index contributed by atoms with van der Waals surface area (Å²) in [5, 5.41) is 12.0. The number of hydrogen-bond acceptors (Lipinski definition) is 9. The summed E-state index contributed by atoms with van der Waals surface area (Å²) in [5.41, 5.74) is 4.79. The lowest BCUT2D eigenvalue weighted by Crippen LogP contribution is -2.27. The molecule has 0 saturated heterocycles. The maximum atomic E-state index is 12.1. The van der Waals surface area contributed by atoms with E-state index < -0.39 is 10.8 Å². The number of hydrazone groups is 1. The van der Waals surface area contributed by atoms with Crippen LogP contribution < -0.4 is 15.5 Å². The Morgan fingerprint density at radius 3 is 2.79 bits per heavy atom. The summed E-state index contributed by atoms with van der Waals surface area (Å²) in [6, 6.07) is 12.3. The summed E-state index contributed by atoms with van der Waals surface area (Å²) in [4.78, 5) is 25.1. The Hall–Kier alpha value is -4.19. The molecule has 0 fully saturated rings. The average molecular weight is 479 g/mol. The molecule has 0 aliphatic rings. The van der Waals surface area contributed by atoms with Crippen LogP contribution in [0.3, 0.4) is 0 Å². The normalized spacial score (nSPS) is 12.1. The number of amides is 1. The summed E-state index contributed by atoms with van der Waals surface area (Å²) in [6.07, 6.45) is 6.27. The van der Waals surface area contributed by atoms with Gasteiger partial charge in [0.2, 0.25) is 5.88 Å². The number of aromatic nitrogens is 5. The molecule has 174 valence electrons. The summed E-state index contributed by atoms with van der Waals surface area (Å²) < 4.78 is 17.9. The maximum Gasteiger partial charge on any atom is 0.251 e. The summed E-state index contributed by atoms with van der Waals surface area (Å²) >= 11 is 0. The zero-order valence-corrected chi connectivity index (χ0v) is 19.3. The van der Waals surface area contributed by atoms with Gasteiger partial charge in [0.05, 0.1) is 24.9 Å². The molecule has 0 aliphatic carbocycles. The van der Waals surface area contributed by atoms with Crippen molar-refractivity contribution in [1.82, 2.24) is 30.0 Å². The van der Waals surface area contributed by atoms with Crippen molar-refractivity contribution in [3.63, 3.8) is 0 Å². The molecule has 0 bridgehead atoms. The van der Waals surface area contributed by atoms with Gasteiger partial charge in [0.15, 0.2) is 17.3 Å². The molecule has 34 heavy (non-hydrogen) atoms. The van der Waals surface area contributed by atoms with E-state index in [4.69, 9.17) is 4.74 Å². The average Bonchev–Trinajstić information content (AvgIpc) is 3.29. The maximum absolute atomic E-state index is 12.1. The van der Waals surface area contributed by atoms with Crippen LogP contribution in [0.25, 0.3) is 16.9 Å². The number of carbonyl (C=O) groups is 1. The second-order valence-corrected chi connectivity index (χ2v) is 8.63. The highest BCUT2D eigenvalue weighted by atomic mass is 32.2. The number of fused-ring (bicyclic) bond motifs is 1. The van der Waals surface area contributed by atoms with Gasteiger partial charge in [-0.25, -0.2) is 9.97 Å². The van der Waals surface area contributed by atoms with Crippen LogP contribution in [-0.4, -0.2) is 66.7 Å². The molecule has 0 spiro atoms. The summed E-state index contributed by atoms with van der Waals surface area (Å²) in [5.74, 6) is 1.74. The van der Waals surface area contributed by atoms with Gasteiger partial charge in [-0.3, -0.25) is 14.4 Å². The highest BCUT2D eigenvalue weighted by molar-refractivity contribution is 7.84. The van der Waals surface area contributed by atoms with E-state index >= 15 is 0 Å². The molecule has 1 aromatic carbocycles. The summed E-state index contributed by atoms with van der Waals surface area (Å²) in [6.45, 7) is 0.368. The zero-order valence-electron chi connectivity index (χ0n) is 18.5. The first-order valence-corrected chi connectivity index (χ1v) is 12.0. The van der Waals surface area contributed by atoms with Crippen molar-refractivity contribution < 1.29 is 13.7 Å². The SMILES string of the molecule is COc1cccc(-n2ncc3c(N/N=C/c4ccc(C(=O)NCCS(C)=O)cc4)ncnc32)n1. The Bertz CT molecular complexity index is 1350. The first kappa shape index (κ1) is 23.0. The molecule has 0 aliphatic heterocycles. The van der Waals surface area contributed by atoms with Crippen LogP contribution in [0.1, 0.15) is 15.9 Å². The first-order chi connectivity index (χ1) is 16.5. The number of methoxy groups -OCH3 is 1. The van der Waals surface area contributed by atoms with Gasteiger partial charge in [0.1, 0.15) is 6.33 Å². The van der Waals surface area contributed by atoms with Gasteiger partial charge in [-0.1, -0.05) is 18.2 Å². The molecule has 1 atom stereocenters. The minimum Gasteiger partial charge on any atom is -0.481 e. The molecule has 12 heteroatoms. The molecule has 4 aromatic rings. The molecule has 3 aromatic heterocycles. The third kappa shape index (κ3) is 5.41. The third-order valence-electron chi connectivity index (χ3n) is 4.73. The Balaban J connectivity index is 1.44. The van der Waals surface area contributed by atoms with Crippen LogP contribution in [0, 0.1) is 0 Å². The van der Waals surface area contributed by atoms with Crippen LogP contribution in [0.15, 0.2) is 60.1 Å². The van der Waals surface area contributed by atoms with Crippen molar-refractivity contribution >= 4 is 39.8 Å². The van der Waals surface area contributed by atoms with E-state index in [0.717, 1.165) is 5.56 Å². The molecule has 0 radical (unpaired) electrons. The lowest BCUT2D eigenvalue weighted by molar-refractivity contribution is 0.0956. The van der Waals surface area contributed by atoms with Crippen molar-refractivity contribution in [3.8, 4) is 11.7 Å². The van der Waals surface area contributed by atoms with Crippen molar-refractivity contribution in [2.75, 3.05) is 31.1 Å². The smallest absolute Gasteiger partial charge is 0.251 e. The van der Waals surface area contributed by atoms with Crippen molar-refractivity contribution in [3.05, 3.63) is 66.1 Å². The predicted octanol–water partition coefficient (Wildman–Crippen LogP) is 1.77. The lowest BCUT2D eigenvalue weighted by Gasteiger charge is -2.05. The van der Waals surface area contributed by atoms with Gasteiger partial charge in [-0.05, 0) is 23.8 Å². The molecule has 3 heterocycles. The fraction of sp³-hybridized carbons (Fsp3) is 0.182. The van der Waals surface area contributed by atoms with E-state index in [0.29, 0.717) is 46.4 Å². The quantitative estimate of drug-likeness (QED) is 0.274. The van der Waals surface area contributed by atoms with Gasteiger partial charge in [-0.15, -0.1) is 0 Å². The number of carbonyl (C=O) groups excluding carboxylic acids is 1. The van der Waals surface area contributed by atoms with Crippen molar-refractivity contribution in [2.45, 2.75) is 0 Å². The van der Waals surface area contributed by atoms with Gasteiger partial charge >= 0.3 is 0 Å². The van der Waals surface area contributed by atoms with Crippen molar-refractivity contribution in [2.24, 2.45) is 5.10 Å². The van der Waals surface area contributed by atoms with E-state index in [9.17, 15) is 9.00 Å².